The number of carbonyl (C=O) groups excluding carboxylic acids is 1. The number of hydrogen-bond acceptors (Lipinski definition) is 3. The Morgan fingerprint density at radius 1 is 1.29 bits per heavy atom. The molecular weight excluding hydrogens is 266 g/mol. The van der Waals surface area contributed by atoms with Crippen molar-refractivity contribution in [3.05, 3.63) is 35.9 Å². The summed E-state index contributed by atoms with van der Waals surface area (Å²) in [5.41, 5.74) is 1.10. The maximum Gasteiger partial charge on any atom is 0.230 e. The van der Waals surface area contributed by atoms with E-state index in [0.717, 1.165) is 31.4 Å². The number of carbonyl (C=O) groups is 1. The summed E-state index contributed by atoms with van der Waals surface area (Å²) < 4.78 is 11.5. The maximum absolute atomic E-state index is 12.9. The third-order valence-corrected chi connectivity index (χ3v) is 4.45. The Morgan fingerprint density at radius 2 is 2.00 bits per heavy atom. The summed E-state index contributed by atoms with van der Waals surface area (Å²) in [6, 6.07) is 10.0. The number of likely N-dealkylation sites (tertiary alicyclic amines) is 1. The number of nitrogens with zero attached hydrogens (tertiary/aromatic N) is 1. The summed E-state index contributed by atoms with van der Waals surface area (Å²) in [4.78, 5) is 14.8. The molecule has 0 radical (unpaired) electrons. The number of rotatable bonds is 3. The lowest BCUT2D eigenvalue weighted by Crippen LogP contribution is -2.52. The quantitative estimate of drug-likeness (QED) is 0.858. The Kier molecular flexibility index (Phi) is 4.27. The molecule has 2 heterocycles. The van der Waals surface area contributed by atoms with Crippen LogP contribution in [0.25, 0.3) is 0 Å². The molecule has 0 aliphatic carbocycles. The van der Waals surface area contributed by atoms with E-state index in [0.29, 0.717) is 19.8 Å². The Labute approximate surface area is 126 Å². The molecule has 3 rings (SSSR count). The van der Waals surface area contributed by atoms with Gasteiger partial charge in [-0.15, -0.1) is 0 Å². The summed E-state index contributed by atoms with van der Waals surface area (Å²) in [6.45, 7) is 4.71. The molecular formula is C17H23NO3. The van der Waals surface area contributed by atoms with Crippen LogP contribution in [0.4, 0.5) is 0 Å². The van der Waals surface area contributed by atoms with Crippen LogP contribution in [0.2, 0.25) is 0 Å². The van der Waals surface area contributed by atoms with Gasteiger partial charge in [0.05, 0.1) is 25.7 Å². The highest BCUT2D eigenvalue weighted by atomic mass is 16.7. The van der Waals surface area contributed by atoms with Gasteiger partial charge in [-0.2, -0.15) is 0 Å². The molecule has 1 spiro atoms. The van der Waals surface area contributed by atoms with E-state index < -0.39 is 5.79 Å². The molecule has 1 aromatic rings. The average Bonchev–Trinajstić information content (AvgIpc) is 2.97. The van der Waals surface area contributed by atoms with E-state index in [2.05, 4.69) is 6.92 Å². The number of hydrogen-bond donors (Lipinski definition) is 0. The molecule has 2 fully saturated rings. The number of ether oxygens (including phenoxy) is 2. The molecule has 2 aliphatic heterocycles. The second-order valence-electron chi connectivity index (χ2n) is 5.84. The fourth-order valence-electron chi connectivity index (χ4n) is 3.37. The van der Waals surface area contributed by atoms with Crippen LogP contribution in [0.15, 0.2) is 30.3 Å². The van der Waals surface area contributed by atoms with E-state index in [1.54, 1.807) is 0 Å². The van der Waals surface area contributed by atoms with Crippen LogP contribution in [-0.2, 0) is 14.3 Å². The molecule has 21 heavy (non-hydrogen) atoms. The lowest BCUT2D eigenvalue weighted by atomic mass is 9.93. The zero-order chi connectivity index (χ0) is 14.7. The smallest absolute Gasteiger partial charge is 0.230 e. The van der Waals surface area contributed by atoms with Crippen LogP contribution in [0.5, 0.6) is 0 Å². The first-order valence-electron chi connectivity index (χ1n) is 7.86. The average molecular weight is 289 g/mol. The van der Waals surface area contributed by atoms with E-state index in [1.165, 1.54) is 0 Å². The molecule has 0 aromatic heterocycles. The Morgan fingerprint density at radius 3 is 2.67 bits per heavy atom. The van der Waals surface area contributed by atoms with Crippen LogP contribution in [-0.4, -0.2) is 42.9 Å². The number of amides is 1. The third kappa shape index (κ3) is 2.97. The van der Waals surface area contributed by atoms with Crippen molar-refractivity contribution >= 4 is 5.91 Å². The molecule has 1 aromatic carbocycles. The minimum atomic E-state index is -0.539. The van der Waals surface area contributed by atoms with Gasteiger partial charge in [-0.1, -0.05) is 37.3 Å². The van der Waals surface area contributed by atoms with Crippen LogP contribution < -0.4 is 0 Å². The molecule has 4 nitrogen and oxygen atoms in total. The Bertz CT molecular complexity index is 482. The second kappa shape index (κ2) is 6.16. The predicted molar refractivity (Wildman–Crippen MR) is 79.9 cm³/mol. The van der Waals surface area contributed by atoms with Crippen molar-refractivity contribution in [2.24, 2.45) is 0 Å². The normalized spacial score (nSPS) is 22.4. The van der Waals surface area contributed by atoms with Crippen molar-refractivity contribution in [1.82, 2.24) is 4.90 Å². The van der Waals surface area contributed by atoms with Crippen LogP contribution in [0, 0.1) is 0 Å². The van der Waals surface area contributed by atoms with Crippen LogP contribution in [0.1, 0.15) is 37.7 Å². The van der Waals surface area contributed by atoms with Crippen molar-refractivity contribution < 1.29 is 14.3 Å². The zero-order valence-electron chi connectivity index (χ0n) is 12.6. The van der Waals surface area contributed by atoms with Gasteiger partial charge in [-0.25, -0.2) is 0 Å². The predicted octanol–water partition coefficient (Wildman–Crippen LogP) is 2.55. The third-order valence-electron chi connectivity index (χ3n) is 4.45. The van der Waals surface area contributed by atoms with Crippen molar-refractivity contribution in [3.8, 4) is 0 Å². The fourth-order valence-corrected chi connectivity index (χ4v) is 3.37. The summed E-state index contributed by atoms with van der Waals surface area (Å²) in [5.74, 6) is -0.410. The van der Waals surface area contributed by atoms with Gasteiger partial charge < -0.3 is 14.4 Å². The molecule has 0 N–H and O–H groups in total. The van der Waals surface area contributed by atoms with Gasteiger partial charge in [0.15, 0.2) is 5.79 Å². The highest BCUT2D eigenvalue weighted by Gasteiger charge is 2.42. The molecule has 2 saturated heterocycles. The van der Waals surface area contributed by atoms with E-state index in [-0.39, 0.29) is 11.8 Å². The maximum atomic E-state index is 12.9. The first kappa shape index (κ1) is 14.5. The molecule has 114 valence electrons. The zero-order valence-corrected chi connectivity index (χ0v) is 12.6. The SMILES string of the molecule is CCC(C(=O)N1CCCC2(C1)OCCO2)c1ccccc1. The number of benzene rings is 1. The second-order valence-corrected chi connectivity index (χ2v) is 5.84. The standard InChI is InChI=1S/C17H23NO3/c1-2-15(14-7-4-3-5-8-14)16(19)18-10-6-9-17(13-18)20-11-12-21-17/h3-5,7-8,15H,2,6,9-13H2,1H3. The molecule has 2 aliphatic rings. The van der Waals surface area contributed by atoms with Gasteiger partial charge in [-0.05, 0) is 18.4 Å². The molecule has 4 heteroatoms. The summed E-state index contributed by atoms with van der Waals surface area (Å²) in [6.07, 6.45) is 2.64. The number of piperidine rings is 1. The van der Waals surface area contributed by atoms with E-state index in [9.17, 15) is 4.79 Å². The van der Waals surface area contributed by atoms with Gasteiger partial charge in [-0.3, -0.25) is 4.79 Å². The van der Waals surface area contributed by atoms with E-state index in [1.807, 2.05) is 35.2 Å². The van der Waals surface area contributed by atoms with Crippen LogP contribution in [0.3, 0.4) is 0 Å². The lowest BCUT2D eigenvalue weighted by molar-refractivity contribution is -0.193. The molecule has 1 unspecified atom stereocenters. The molecule has 0 bridgehead atoms. The van der Waals surface area contributed by atoms with Crippen molar-refractivity contribution in [1.29, 1.82) is 0 Å². The highest BCUT2D eigenvalue weighted by molar-refractivity contribution is 5.83. The van der Waals surface area contributed by atoms with Gasteiger partial charge in [0, 0.05) is 13.0 Å². The highest BCUT2D eigenvalue weighted by Crippen LogP contribution is 2.32. The Balaban J connectivity index is 1.74. The first-order valence-corrected chi connectivity index (χ1v) is 7.86. The van der Waals surface area contributed by atoms with Crippen LogP contribution >= 0.6 is 0 Å². The minimum absolute atomic E-state index is 0.0669. The van der Waals surface area contributed by atoms with Gasteiger partial charge in [0.1, 0.15) is 0 Å². The van der Waals surface area contributed by atoms with Gasteiger partial charge >= 0.3 is 0 Å². The first-order chi connectivity index (χ1) is 10.2. The Hall–Kier alpha value is -1.39. The summed E-state index contributed by atoms with van der Waals surface area (Å²) in [5, 5.41) is 0. The van der Waals surface area contributed by atoms with E-state index >= 15 is 0 Å². The molecule has 1 atom stereocenters. The summed E-state index contributed by atoms with van der Waals surface area (Å²) >= 11 is 0. The van der Waals surface area contributed by atoms with Crippen molar-refractivity contribution in [2.75, 3.05) is 26.3 Å². The van der Waals surface area contributed by atoms with Crippen molar-refractivity contribution in [2.45, 2.75) is 37.9 Å². The lowest BCUT2D eigenvalue weighted by Gasteiger charge is -2.39. The largest absolute Gasteiger partial charge is 0.346 e. The monoisotopic (exact) mass is 289 g/mol. The van der Waals surface area contributed by atoms with Gasteiger partial charge in [0.25, 0.3) is 0 Å². The topological polar surface area (TPSA) is 38.8 Å². The van der Waals surface area contributed by atoms with E-state index in [4.69, 9.17) is 9.47 Å². The molecule has 1 amide bonds. The minimum Gasteiger partial charge on any atom is -0.346 e. The summed E-state index contributed by atoms with van der Waals surface area (Å²) in [7, 11) is 0. The molecule has 0 saturated carbocycles. The van der Waals surface area contributed by atoms with Crippen molar-refractivity contribution in [3.63, 3.8) is 0 Å². The fraction of sp³-hybridized carbons (Fsp3) is 0.588. The van der Waals surface area contributed by atoms with Gasteiger partial charge in [0.2, 0.25) is 5.91 Å².